The van der Waals surface area contributed by atoms with Gasteiger partial charge in [0.05, 0.1) is 13.0 Å². The van der Waals surface area contributed by atoms with E-state index < -0.39 is 24.4 Å². The Morgan fingerprint density at radius 1 is 1.56 bits per heavy atom. The summed E-state index contributed by atoms with van der Waals surface area (Å²) in [7, 11) is 0. The minimum Gasteiger partial charge on any atom is -0.456 e. The molecule has 0 bridgehead atoms. The fourth-order valence-electron chi connectivity index (χ4n) is 1.70. The van der Waals surface area contributed by atoms with Crippen LogP contribution in [0.25, 0.3) is 0 Å². The number of aryl methyl sites for hydroxylation is 1. The molecule has 0 amide bonds. The van der Waals surface area contributed by atoms with Crippen LogP contribution in [0, 0.1) is 6.92 Å². The van der Waals surface area contributed by atoms with Crippen LogP contribution in [-0.2, 0) is 9.53 Å². The predicted molar refractivity (Wildman–Crippen MR) is 64.1 cm³/mol. The first kappa shape index (κ1) is 13.1. The molecule has 18 heavy (non-hydrogen) atoms. The lowest BCUT2D eigenvalue weighted by Gasteiger charge is -2.11. The first-order chi connectivity index (χ1) is 8.38. The molecule has 0 spiro atoms. The van der Waals surface area contributed by atoms with Crippen molar-refractivity contribution in [3.05, 3.63) is 28.8 Å². The van der Waals surface area contributed by atoms with Crippen LogP contribution < -0.4 is 5.32 Å². The Kier molecular flexibility index (Phi) is 3.43. The number of ether oxygens (including phenoxy) is 1. The minimum absolute atomic E-state index is 0.140. The van der Waals surface area contributed by atoms with Crippen molar-refractivity contribution in [1.82, 2.24) is 0 Å². The van der Waals surface area contributed by atoms with Crippen molar-refractivity contribution in [2.75, 3.05) is 11.9 Å². The van der Waals surface area contributed by atoms with Gasteiger partial charge in [0, 0.05) is 10.7 Å². The van der Waals surface area contributed by atoms with Crippen molar-refractivity contribution in [2.45, 2.75) is 25.4 Å². The number of hydrogen-bond acceptors (Lipinski definition) is 3. The van der Waals surface area contributed by atoms with Crippen LogP contribution in [0.4, 0.5) is 14.5 Å². The molecule has 0 saturated carbocycles. The number of cyclic esters (lactones) is 1. The number of benzene rings is 1. The lowest BCUT2D eigenvalue weighted by atomic mass is 10.2. The van der Waals surface area contributed by atoms with Gasteiger partial charge in [0.25, 0.3) is 0 Å². The number of rotatable bonds is 3. The predicted octanol–water partition coefficient (Wildman–Crippen LogP) is 3.01. The third kappa shape index (κ3) is 2.72. The molecule has 1 saturated heterocycles. The smallest absolute Gasteiger partial charge is 0.377 e. The molecule has 0 aromatic heterocycles. The molecule has 1 aliphatic rings. The third-order valence-electron chi connectivity index (χ3n) is 2.76. The third-order valence-corrected chi connectivity index (χ3v) is 3.17. The van der Waals surface area contributed by atoms with Crippen molar-refractivity contribution in [2.24, 2.45) is 0 Å². The quantitative estimate of drug-likeness (QED) is 0.862. The van der Waals surface area contributed by atoms with E-state index in [1.807, 2.05) is 13.0 Å². The van der Waals surface area contributed by atoms with E-state index in [9.17, 15) is 13.6 Å². The van der Waals surface area contributed by atoms with Crippen molar-refractivity contribution in [3.63, 3.8) is 0 Å². The Morgan fingerprint density at radius 2 is 2.28 bits per heavy atom. The van der Waals surface area contributed by atoms with Gasteiger partial charge in [-0.3, -0.25) is 0 Å². The normalized spacial score (nSPS) is 21.8. The van der Waals surface area contributed by atoms with Crippen molar-refractivity contribution in [1.29, 1.82) is 0 Å². The maximum Gasteiger partial charge on any atom is 0.377 e. The lowest BCUT2D eigenvalue weighted by molar-refractivity contribution is -0.158. The lowest BCUT2D eigenvalue weighted by Crippen LogP contribution is -2.22. The average molecular weight is 276 g/mol. The molecule has 1 N–H and O–H groups in total. The van der Waals surface area contributed by atoms with Gasteiger partial charge in [-0.05, 0) is 24.6 Å². The highest BCUT2D eigenvalue weighted by molar-refractivity contribution is 6.31. The Bertz CT molecular complexity index is 479. The molecule has 6 heteroatoms. The molecule has 0 radical (unpaired) electrons. The first-order valence-electron chi connectivity index (χ1n) is 5.47. The number of carbonyl (C=O) groups excluding carboxylic acids is 1. The second-order valence-electron chi connectivity index (χ2n) is 4.28. The fraction of sp³-hybridized carbons (Fsp3) is 0.417. The van der Waals surface area contributed by atoms with Gasteiger partial charge < -0.3 is 10.1 Å². The molecule has 3 nitrogen and oxygen atoms in total. The topological polar surface area (TPSA) is 38.3 Å². The zero-order valence-electron chi connectivity index (χ0n) is 9.67. The van der Waals surface area contributed by atoms with Gasteiger partial charge in [-0.2, -0.15) is 8.78 Å². The summed E-state index contributed by atoms with van der Waals surface area (Å²) in [5.41, 5.74) is 1.64. The zero-order valence-corrected chi connectivity index (χ0v) is 10.4. The molecule has 1 heterocycles. The van der Waals surface area contributed by atoms with E-state index >= 15 is 0 Å². The van der Waals surface area contributed by atoms with Crippen LogP contribution in [0.5, 0.6) is 0 Å². The van der Waals surface area contributed by atoms with Crippen molar-refractivity contribution < 1.29 is 18.3 Å². The molecule has 1 aromatic carbocycles. The molecule has 1 atom stereocenters. The molecular formula is C12H12ClF2NO2. The summed E-state index contributed by atoms with van der Waals surface area (Å²) in [6.45, 7) is 2.01. The Labute approximate surface area is 108 Å². The molecular weight excluding hydrogens is 264 g/mol. The van der Waals surface area contributed by atoms with E-state index in [0.29, 0.717) is 10.7 Å². The summed E-state index contributed by atoms with van der Waals surface area (Å²) in [6.07, 6.45) is -1.40. The molecule has 1 fully saturated rings. The average Bonchev–Trinajstić information content (AvgIpc) is 2.55. The second kappa shape index (κ2) is 4.72. The number of esters is 1. The summed E-state index contributed by atoms with van der Waals surface area (Å²) in [5, 5.41) is 3.51. The number of halogens is 3. The Balaban J connectivity index is 1.93. The minimum atomic E-state index is -3.36. The van der Waals surface area contributed by atoms with Crippen molar-refractivity contribution in [3.8, 4) is 0 Å². The Hall–Kier alpha value is -1.36. The van der Waals surface area contributed by atoms with E-state index in [1.54, 1.807) is 12.1 Å². The zero-order chi connectivity index (χ0) is 13.3. The van der Waals surface area contributed by atoms with E-state index in [1.165, 1.54) is 0 Å². The van der Waals surface area contributed by atoms with Crippen LogP contribution in [0.3, 0.4) is 0 Å². The number of alkyl halides is 2. The van der Waals surface area contributed by atoms with Crippen molar-refractivity contribution >= 4 is 23.3 Å². The van der Waals surface area contributed by atoms with Gasteiger partial charge in [0.1, 0.15) is 6.10 Å². The number of hydrogen-bond donors (Lipinski definition) is 1. The van der Waals surface area contributed by atoms with E-state index in [2.05, 4.69) is 10.1 Å². The molecule has 1 unspecified atom stereocenters. The highest BCUT2D eigenvalue weighted by Crippen LogP contribution is 2.31. The first-order valence-corrected chi connectivity index (χ1v) is 5.85. The highest BCUT2D eigenvalue weighted by Gasteiger charge is 2.50. The summed E-state index contributed by atoms with van der Waals surface area (Å²) >= 11 is 5.93. The van der Waals surface area contributed by atoms with E-state index in [-0.39, 0.29) is 6.54 Å². The largest absolute Gasteiger partial charge is 0.456 e. The summed E-state index contributed by atoms with van der Waals surface area (Å²) in [6, 6.07) is 5.31. The van der Waals surface area contributed by atoms with E-state index in [4.69, 9.17) is 11.6 Å². The molecule has 1 aliphatic heterocycles. The second-order valence-corrected chi connectivity index (χ2v) is 4.69. The maximum atomic E-state index is 12.9. The number of nitrogens with one attached hydrogen (secondary N) is 1. The van der Waals surface area contributed by atoms with Crippen LogP contribution in [-0.4, -0.2) is 24.5 Å². The number of carbonyl (C=O) groups is 1. The summed E-state index contributed by atoms with van der Waals surface area (Å²) in [4.78, 5) is 10.8. The fourth-order valence-corrected chi connectivity index (χ4v) is 1.88. The van der Waals surface area contributed by atoms with Gasteiger partial charge in [-0.15, -0.1) is 0 Å². The van der Waals surface area contributed by atoms with Gasteiger partial charge >= 0.3 is 11.9 Å². The SMILES string of the molecule is Cc1ccc(NCC2CC(F)(F)C(=O)O2)cc1Cl. The summed E-state index contributed by atoms with van der Waals surface area (Å²) < 4.78 is 30.4. The Morgan fingerprint density at radius 3 is 2.83 bits per heavy atom. The number of anilines is 1. The van der Waals surface area contributed by atoms with E-state index in [0.717, 1.165) is 5.56 Å². The molecule has 0 aliphatic carbocycles. The van der Waals surface area contributed by atoms with Crippen LogP contribution in [0.1, 0.15) is 12.0 Å². The molecule has 1 aromatic rings. The van der Waals surface area contributed by atoms with Crippen LogP contribution in [0.15, 0.2) is 18.2 Å². The summed E-state index contributed by atoms with van der Waals surface area (Å²) in [5.74, 6) is -4.81. The standard InChI is InChI=1S/C12H12ClF2NO2/c1-7-2-3-8(4-10(7)13)16-6-9-5-12(14,15)11(17)18-9/h2-4,9,16H,5-6H2,1H3. The van der Waals surface area contributed by atoms with Gasteiger partial charge in [0.2, 0.25) is 0 Å². The monoisotopic (exact) mass is 275 g/mol. The molecule has 98 valence electrons. The van der Waals surface area contributed by atoms with Crippen LogP contribution in [0.2, 0.25) is 5.02 Å². The van der Waals surface area contributed by atoms with Gasteiger partial charge in [-0.25, -0.2) is 4.79 Å². The van der Waals surface area contributed by atoms with Crippen LogP contribution >= 0.6 is 11.6 Å². The maximum absolute atomic E-state index is 12.9. The van der Waals surface area contributed by atoms with Gasteiger partial charge in [-0.1, -0.05) is 17.7 Å². The highest BCUT2D eigenvalue weighted by atomic mass is 35.5. The molecule has 2 rings (SSSR count). The van der Waals surface area contributed by atoms with Gasteiger partial charge in [0.15, 0.2) is 0 Å².